The van der Waals surface area contributed by atoms with Gasteiger partial charge < -0.3 is 15.6 Å². The molecule has 1 amide bonds. The Hall–Kier alpha value is -2.67. The fourth-order valence-corrected chi connectivity index (χ4v) is 3.47. The number of hydrogen-bond donors (Lipinski definition) is 2. The van der Waals surface area contributed by atoms with Crippen molar-refractivity contribution in [1.82, 2.24) is 19.9 Å². The first-order valence-electron chi connectivity index (χ1n) is 8.12. The Kier molecular flexibility index (Phi) is 4.01. The molecule has 0 bridgehead atoms. The van der Waals surface area contributed by atoms with Crippen LogP contribution < -0.4 is 10.6 Å². The van der Waals surface area contributed by atoms with Crippen LogP contribution in [0.25, 0.3) is 22.3 Å². The van der Waals surface area contributed by atoms with Crippen molar-refractivity contribution >= 4 is 34.5 Å². The van der Waals surface area contributed by atoms with Gasteiger partial charge in [0.1, 0.15) is 16.5 Å². The molecule has 1 fully saturated rings. The van der Waals surface area contributed by atoms with Gasteiger partial charge in [-0.1, -0.05) is 11.6 Å². The number of nitrogens with zero attached hydrogens (tertiary/aromatic N) is 4. The van der Waals surface area contributed by atoms with Crippen LogP contribution in [-0.4, -0.2) is 38.9 Å². The van der Waals surface area contributed by atoms with Crippen LogP contribution >= 0.6 is 11.6 Å². The van der Waals surface area contributed by atoms with Crippen molar-refractivity contribution in [2.75, 3.05) is 18.0 Å². The summed E-state index contributed by atoms with van der Waals surface area (Å²) in [6.07, 6.45) is 6.66. The predicted octanol–water partition coefficient (Wildman–Crippen LogP) is 2.38. The molecule has 4 heterocycles. The van der Waals surface area contributed by atoms with Gasteiger partial charge in [-0.25, -0.2) is 9.97 Å². The number of hydrogen-bond acceptors (Lipinski definition) is 5. The van der Waals surface area contributed by atoms with Crippen LogP contribution in [0.1, 0.15) is 12.8 Å². The number of aromatic nitrogens is 4. The Labute approximate surface area is 149 Å². The van der Waals surface area contributed by atoms with Crippen molar-refractivity contribution in [1.29, 1.82) is 0 Å². The lowest BCUT2D eigenvalue weighted by Gasteiger charge is -2.31. The third kappa shape index (κ3) is 3.02. The monoisotopic (exact) mass is 356 g/mol. The molecule has 1 aliphatic heterocycles. The topological polar surface area (TPSA) is 101 Å². The molecule has 3 N–H and O–H groups in total. The van der Waals surface area contributed by atoms with Gasteiger partial charge >= 0.3 is 0 Å². The Morgan fingerprint density at radius 1 is 1.24 bits per heavy atom. The maximum absolute atomic E-state index is 11.3. The van der Waals surface area contributed by atoms with E-state index in [4.69, 9.17) is 17.3 Å². The summed E-state index contributed by atoms with van der Waals surface area (Å²) in [7, 11) is 0. The highest BCUT2D eigenvalue weighted by Gasteiger charge is 2.24. The van der Waals surface area contributed by atoms with Crippen molar-refractivity contribution in [2.45, 2.75) is 12.8 Å². The van der Waals surface area contributed by atoms with Crippen LogP contribution in [0.4, 0.5) is 5.82 Å². The number of aromatic amines is 1. The molecule has 0 aliphatic carbocycles. The number of carbonyl (C=O) groups excluding carboxylic acids is 1. The predicted molar refractivity (Wildman–Crippen MR) is 96.3 cm³/mol. The summed E-state index contributed by atoms with van der Waals surface area (Å²) in [5.74, 6) is 0.513. The number of nitrogens with one attached hydrogen (secondary N) is 1. The standard InChI is InChI=1S/C17H17ClN6O/c18-13-7-11(12-9-22-17-15(12)20-3-4-21-17)8-14(23-13)24-5-1-10(2-6-24)16(19)25/h3-4,7-10H,1-2,5-6H2,(H2,19,25)(H,21,22). The summed E-state index contributed by atoms with van der Waals surface area (Å²) in [4.78, 5) is 29.7. The molecule has 1 saturated heterocycles. The minimum atomic E-state index is -0.225. The molecule has 0 unspecified atom stereocenters. The average Bonchev–Trinajstić information content (AvgIpc) is 3.05. The van der Waals surface area contributed by atoms with E-state index >= 15 is 0 Å². The van der Waals surface area contributed by atoms with Crippen LogP contribution in [0.3, 0.4) is 0 Å². The number of rotatable bonds is 3. The summed E-state index contributed by atoms with van der Waals surface area (Å²) in [5.41, 5.74) is 8.79. The summed E-state index contributed by atoms with van der Waals surface area (Å²) >= 11 is 6.26. The number of halogens is 1. The number of anilines is 1. The number of H-pyrrole nitrogens is 1. The van der Waals surface area contributed by atoms with E-state index in [9.17, 15) is 4.79 Å². The highest BCUT2D eigenvalue weighted by molar-refractivity contribution is 6.29. The molecule has 0 saturated carbocycles. The third-order valence-electron chi connectivity index (χ3n) is 4.62. The van der Waals surface area contributed by atoms with E-state index in [0.717, 1.165) is 54.0 Å². The van der Waals surface area contributed by atoms with E-state index in [1.54, 1.807) is 12.4 Å². The molecular weight excluding hydrogens is 340 g/mol. The van der Waals surface area contributed by atoms with E-state index in [2.05, 4.69) is 24.8 Å². The first kappa shape index (κ1) is 15.8. The SMILES string of the molecule is NC(=O)C1CCN(c2cc(-c3c[nH]c4nccnc34)cc(Cl)n2)CC1. The zero-order valence-electron chi connectivity index (χ0n) is 13.4. The lowest BCUT2D eigenvalue weighted by Crippen LogP contribution is -2.38. The van der Waals surface area contributed by atoms with Crippen molar-refractivity contribution in [3.63, 3.8) is 0 Å². The quantitative estimate of drug-likeness (QED) is 0.701. The van der Waals surface area contributed by atoms with Gasteiger partial charge in [0, 0.05) is 43.2 Å². The summed E-state index contributed by atoms with van der Waals surface area (Å²) < 4.78 is 0. The zero-order valence-corrected chi connectivity index (χ0v) is 14.2. The smallest absolute Gasteiger partial charge is 0.220 e. The van der Waals surface area contributed by atoms with Gasteiger partial charge in [0.25, 0.3) is 0 Å². The molecule has 1 aliphatic rings. The molecule has 7 nitrogen and oxygen atoms in total. The van der Waals surface area contributed by atoms with E-state index in [1.165, 1.54) is 0 Å². The Morgan fingerprint density at radius 3 is 2.76 bits per heavy atom. The van der Waals surface area contributed by atoms with Crippen LogP contribution in [-0.2, 0) is 4.79 Å². The van der Waals surface area contributed by atoms with Crippen LogP contribution in [0.5, 0.6) is 0 Å². The second kappa shape index (κ2) is 6.33. The number of primary amides is 1. The number of carbonyl (C=O) groups is 1. The second-order valence-electron chi connectivity index (χ2n) is 6.16. The lowest BCUT2D eigenvalue weighted by atomic mass is 9.96. The van der Waals surface area contributed by atoms with Gasteiger partial charge in [-0.15, -0.1) is 0 Å². The number of amides is 1. The molecule has 8 heteroatoms. The van der Waals surface area contributed by atoms with Crippen LogP contribution in [0.2, 0.25) is 5.15 Å². The molecule has 0 spiro atoms. The Balaban J connectivity index is 1.67. The van der Waals surface area contributed by atoms with Crippen molar-refractivity contribution in [3.8, 4) is 11.1 Å². The largest absolute Gasteiger partial charge is 0.369 e. The maximum atomic E-state index is 11.3. The summed E-state index contributed by atoms with van der Waals surface area (Å²) in [6.45, 7) is 1.46. The highest BCUT2D eigenvalue weighted by Crippen LogP contribution is 2.31. The lowest BCUT2D eigenvalue weighted by molar-refractivity contribution is -0.122. The maximum Gasteiger partial charge on any atom is 0.220 e. The van der Waals surface area contributed by atoms with Crippen molar-refractivity contribution < 1.29 is 4.79 Å². The summed E-state index contributed by atoms with van der Waals surface area (Å²) in [5, 5.41) is 0.419. The summed E-state index contributed by atoms with van der Waals surface area (Å²) in [6, 6.07) is 3.81. The van der Waals surface area contributed by atoms with Crippen molar-refractivity contribution in [2.24, 2.45) is 11.7 Å². The normalized spacial score (nSPS) is 15.6. The van der Waals surface area contributed by atoms with E-state index in [1.807, 2.05) is 18.3 Å². The Morgan fingerprint density at radius 2 is 2.00 bits per heavy atom. The van der Waals surface area contributed by atoms with Gasteiger partial charge in [-0.3, -0.25) is 9.78 Å². The number of nitrogens with two attached hydrogens (primary N) is 1. The first-order chi connectivity index (χ1) is 12.1. The molecule has 25 heavy (non-hydrogen) atoms. The fraction of sp³-hybridized carbons (Fsp3) is 0.294. The van der Waals surface area contributed by atoms with E-state index in [-0.39, 0.29) is 11.8 Å². The third-order valence-corrected chi connectivity index (χ3v) is 4.81. The van der Waals surface area contributed by atoms with Gasteiger partial charge in [0.15, 0.2) is 5.65 Å². The average molecular weight is 357 g/mol. The van der Waals surface area contributed by atoms with Crippen LogP contribution in [0.15, 0.2) is 30.7 Å². The first-order valence-corrected chi connectivity index (χ1v) is 8.50. The molecule has 3 aromatic heterocycles. The molecule has 128 valence electrons. The molecule has 0 radical (unpaired) electrons. The van der Waals surface area contributed by atoms with E-state index in [0.29, 0.717) is 5.15 Å². The minimum absolute atomic E-state index is 0.0567. The zero-order chi connectivity index (χ0) is 17.4. The Bertz CT molecular complexity index is 932. The van der Waals surface area contributed by atoms with Gasteiger partial charge in [0.2, 0.25) is 5.91 Å². The number of piperidine rings is 1. The minimum Gasteiger partial charge on any atom is -0.369 e. The number of fused-ring (bicyclic) bond motifs is 1. The highest BCUT2D eigenvalue weighted by atomic mass is 35.5. The van der Waals surface area contributed by atoms with Crippen molar-refractivity contribution in [3.05, 3.63) is 35.9 Å². The van der Waals surface area contributed by atoms with Gasteiger partial charge in [-0.2, -0.15) is 0 Å². The van der Waals surface area contributed by atoms with Gasteiger partial charge in [-0.05, 0) is 30.5 Å². The molecular formula is C17H17ClN6O. The molecule has 0 atom stereocenters. The van der Waals surface area contributed by atoms with Gasteiger partial charge in [0.05, 0.1) is 0 Å². The van der Waals surface area contributed by atoms with E-state index < -0.39 is 0 Å². The number of pyridine rings is 1. The fourth-order valence-electron chi connectivity index (χ4n) is 3.26. The molecule has 4 rings (SSSR count). The molecule has 3 aromatic rings. The molecule has 0 aromatic carbocycles. The van der Waals surface area contributed by atoms with Crippen LogP contribution in [0, 0.1) is 5.92 Å². The second-order valence-corrected chi connectivity index (χ2v) is 6.54.